The van der Waals surface area contributed by atoms with Crippen molar-refractivity contribution in [2.45, 2.75) is 58.9 Å². The molecule has 24 heavy (non-hydrogen) atoms. The molecule has 0 aromatic carbocycles. The summed E-state index contributed by atoms with van der Waals surface area (Å²) in [5, 5.41) is 6.50. The van der Waals surface area contributed by atoms with Gasteiger partial charge in [-0.05, 0) is 43.7 Å². The summed E-state index contributed by atoms with van der Waals surface area (Å²) < 4.78 is 1.63. The molecule has 1 aliphatic rings. The number of amides is 1. The number of fused-ring (bicyclic) bond motifs is 1. The number of carbonyl (C=O) groups is 1. The Balaban J connectivity index is 1.85. The van der Waals surface area contributed by atoms with E-state index in [4.69, 9.17) is 0 Å². The number of hydrogen-bond donors (Lipinski definition) is 2. The van der Waals surface area contributed by atoms with Crippen LogP contribution in [0.1, 0.15) is 49.4 Å². The minimum Gasteiger partial charge on any atom is -0.353 e. The Hall–Kier alpha value is -2.11. The maximum atomic E-state index is 12.5. The van der Waals surface area contributed by atoms with Crippen LogP contribution < -0.4 is 10.9 Å². The van der Waals surface area contributed by atoms with Crippen molar-refractivity contribution >= 4 is 16.9 Å². The molecular formula is C18H26N4O2. The van der Waals surface area contributed by atoms with Gasteiger partial charge in [-0.2, -0.15) is 0 Å². The number of pyridine rings is 1. The molecule has 0 aliphatic heterocycles. The summed E-state index contributed by atoms with van der Waals surface area (Å²) in [5.41, 5.74) is 3.01. The first-order chi connectivity index (χ1) is 11.4. The molecule has 130 valence electrons. The first-order valence-corrected chi connectivity index (χ1v) is 8.72. The Morgan fingerprint density at radius 2 is 2.04 bits per heavy atom. The van der Waals surface area contributed by atoms with E-state index in [0.29, 0.717) is 17.0 Å². The van der Waals surface area contributed by atoms with Crippen LogP contribution in [0.2, 0.25) is 0 Å². The van der Waals surface area contributed by atoms with Gasteiger partial charge in [0.1, 0.15) is 0 Å². The van der Waals surface area contributed by atoms with Crippen molar-refractivity contribution in [2.24, 2.45) is 13.0 Å². The number of nitrogens with zero attached hydrogens (tertiary/aromatic N) is 2. The number of aromatic amines is 1. The Morgan fingerprint density at radius 1 is 1.33 bits per heavy atom. The van der Waals surface area contributed by atoms with Gasteiger partial charge in [0, 0.05) is 18.8 Å². The Labute approximate surface area is 141 Å². The van der Waals surface area contributed by atoms with Gasteiger partial charge in [0.25, 0.3) is 5.56 Å². The minimum absolute atomic E-state index is 0.0217. The van der Waals surface area contributed by atoms with E-state index in [1.807, 2.05) is 13.8 Å². The van der Waals surface area contributed by atoms with Crippen molar-refractivity contribution in [3.63, 3.8) is 0 Å². The standard InChI is InChI=1S/C18H26N4O2/c1-10-7-5-6-8-14(10)20-15(23)9-13-11(2)16-17(19-12(13)3)22(4)21-18(16)24/h10,14H,5-9H2,1-4H3,(H,20,23)(H,21,24)/t10-,14-/m0/s1. The van der Waals surface area contributed by atoms with Crippen LogP contribution in [0.3, 0.4) is 0 Å². The summed E-state index contributed by atoms with van der Waals surface area (Å²) in [6.07, 6.45) is 4.94. The Bertz CT molecular complexity index is 834. The van der Waals surface area contributed by atoms with Crippen LogP contribution in [-0.2, 0) is 18.3 Å². The van der Waals surface area contributed by atoms with E-state index in [0.717, 1.165) is 23.2 Å². The second kappa shape index (κ2) is 6.42. The van der Waals surface area contributed by atoms with E-state index < -0.39 is 0 Å². The van der Waals surface area contributed by atoms with Crippen LogP contribution in [0, 0.1) is 19.8 Å². The molecular weight excluding hydrogens is 304 g/mol. The lowest BCUT2D eigenvalue weighted by Crippen LogP contribution is -2.41. The third kappa shape index (κ3) is 2.97. The van der Waals surface area contributed by atoms with Gasteiger partial charge < -0.3 is 5.32 Å². The van der Waals surface area contributed by atoms with Crippen LogP contribution in [0.4, 0.5) is 0 Å². The maximum absolute atomic E-state index is 12.5. The van der Waals surface area contributed by atoms with E-state index >= 15 is 0 Å². The Morgan fingerprint density at radius 3 is 2.75 bits per heavy atom. The van der Waals surface area contributed by atoms with Crippen LogP contribution in [0.15, 0.2) is 4.79 Å². The molecule has 1 amide bonds. The Kier molecular flexibility index (Phi) is 4.47. The van der Waals surface area contributed by atoms with E-state index in [1.165, 1.54) is 19.3 Å². The fourth-order valence-corrected chi connectivity index (χ4v) is 3.86. The maximum Gasteiger partial charge on any atom is 0.273 e. The molecule has 2 N–H and O–H groups in total. The molecule has 2 aromatic rings. The molecule has 2 aromatic heterocycles. The lowest BCUT2D eigenvalue weighted by Gasteiger charge is -2.29. The highest BCUT2D eigenvalue weighted by atomic mass is 16.1. The monoisotopic (exact) mass is 330 g/mol. The topological polar surface area (TPSA) is 79.8 Å². The minimum atomic E-state index is -0.153. The highest BCUT2D eigenvalue weighted by molar-refractivity contribution is 5.84. The molecule has 1 saturated carbocycles. The van der Waals surface area contributed by atoms with E-state index in [-0.39, 0.29) is 23.9 Å². The molecule has 6 heteroatoms. The summed E-state index contributed by atoms with van der Waals surface area (Å²) in [6, 6.07) is 0.267. The van der Waals surface area contributed by atoms with E-state index in [9.17, 15) is 9.59 Å². The highest BCUT2D eigenvalue weighted by Crippen LogP contribution is 2.24. The van der Waals surface area contributed by atoms with Gasteiger partial charge in [-0.15, -0.1) is 0 Å². The number of H-pyrrole nitrogens is 1. The fourth-order valence-electron chi connectivity index (χ4n) is 3.86. The summed E-state index contributed by atoms with van der Waals surface area (Å²) in [5.74, 6) is 0.552. The smallest absolute Gasteiger partial charge is 0.273 e. The second-order valence-electron chi connectivity index (χ2n) is 7.11. The molecule has 0 spiro atoms. The largest absolute Gasteiger partial charge is 0.353 e. The lowest BCUT2D eigenvalue weighted by atomic mass is 9.86. The molecule has 2 atom stereocenters. The number of aromatic nitrogens is 3. The van der Waals surface area contributed by atoms with Crippen LogP contribution in [0.25, 0.3) is 11.0 Å². The van der Waals surface area contributed by atoms with Gasteiger partial charge in [-0.3, -0.25) is 19.4 Å². The summed E-state index contributed by atoms with van der Waals surface area (Å²) >= 11 is 0. The normalized spacial score (nSPS) is 21.2. The molecule has 0 unspecified atom stereocenters. The molecule has 0 radical (unpaired) electrons. The van der Waals surface area contributed by atoms with Crippen molar-refractivity contribution in [2.75, 3.05) is 0 Å². The lowest BCUT2D eigenvalue weighted by molar-refractivity contribution is -0.121. The zero-order chi connectivity index (χ0) is 17.4. The number of rotatable bonds is 3. The van der Waals surface area contributed by atoms with Crippen molar-refractivity contribution in [3.05, 3.63) is 27.2 Å². The van der Waals surface area contributed by atoms with Crippen molar-refractivity contribution in [1.29, 1.82) is 0 Å². The molecule has 0 saturated heterocycles. The van der Waals surface area contributed by atoms with E-state index in [1.54, 1.807) is 11.7 Å². The number of aryl methyl sites for hydroxylation is 3. The predicted octanol–water partition coefficient (Wildman–Crippen LogP) is 2.12. The van der Waals surface area contributed by atoms with Gasteiger partial charge in [0.15, 0.2) is 5.65 Å². The summed E-state index contributed by atoms with van der Waals surface area (Å²) in [6.45, 7) is 6.01. The number of carbonyl (C=O) groups excluding carboxylic acids is 1. The van der Waals surface area contributed by atoms with Crippen molar-refractivity contribution in [1.82, 2.24) is 20.1 Å². The molecule has 2 heterocycles. The summed E-state index contributed by atoms with van der Waals surface area (Å²) in [7, 11) is 1.77. The van der Waals surface area contributed by atoms with Gasteiger partial charge in [0.2, 0.25) is 5.91 Å². The second-order valence-corrected chi connectivity index (χ2v) is 7.11. The van der Waals surface area contributed by atoms with Crippen LogP contribution in [0.5, 0.6) is 0 Å². The van der Waals surface area contributed by atoms with Crippen LogP contribution in [-0.4, -0.2) is 26.7 Å². The van der Waals surface area contributed by atoms with Gasteiger partial charge >= 0.3 is 0 Å². The average Bonchev–Trinajstić information content (AvgIpc) is 2.80. The predicted molar refractivity (Wildman–Crippen MR) is 94.1 cm³/mol. The summed E-state index contributed by atoms with van der Waals surface area (Å²) in [4.78, 5) is 29.2. The molecule has 1 fully saturated rings. The number of hydrogen-bond acceptors (Lipinski definition) is 3. The zero-order valence-corrected chi connectivity index (χ0v) is 14.9. The average molecular weight is 330 g/mol. The first kappa shape index (κ1) is 16.7. The molecule has 3 rings (SSSR count). The highest BCUT2D eigenvalue weighted by Gasteiger charge is 2.24. The third-order valence-electron chi connectivity index (χ3n) is 5.37. The van der Waals surface area contributed by atoms with Crippen molar-refractivity contribution < 1.29 is 4.79 Å². The quantitative estimate of drug-likeness (QED) is 0.904. The first-order valence-electron chi connectivity index (χ1n) is 8.72. The van der Waals surface area contributed by atoms with Crippen molar-refractivity contribution in [3.8, 4) is 0 Å². The molecule has 1 aliphatic carbocycles. The van der Waals surface area contributed by atoms with E-state index in [2.05, 4.69) is 22.3 Å². The third-order valence-corrected chi connectivity index (χ3v) is 5.37. The SMILES string of the molecule is Cc1nc2c(c(C)c1CC(=O)N[C@H]1CCCC[C@@H]1C)c(=O)[nH]n2C. The van der Waals surface area contributed by atoms with Crippen LogP contribution >= 0.6 is 0 Å². The molecule has 6 nitrogen and oxygen atoms in total. The van der Waals surface area contributed by atoms with Gasteiger partial charge in [-0.1, -0.05) is 19.8 Å². The fraction of sp³-hybridized carbons (Fsp3) is 0.611. The zero-order valence-electron chi connectivity index (χ0n) is 14.9. The van der Waals surface area contributed by atoms with Gasteiger partial charge in [0.05, 0.1) is 11.8 Å². The number of nitrogens with one attached hydrogen (secondary N) is 2. The van der Waals surface area contributed by atoms with Gasteiger partial charge in [-0.25, -0.2) is 4.98 Å². The molecule has 0 bridgehead atoms.